The lowest BCUT2D eigenvalue weighted by molar-refractivity contribution is 0.0993. The molecule has 2 rings (SSSR count). The Balaban J connectivity index is 2.16. The first-order chi connectivity index (χ1) is 8.69. The summed E-state index contributed by atoms with van der Waals surface area (Å²) >= 11 is 0. The second kappa shape index (κ2) is 5.36. The van der Waals surface area contributed by atoms with Crippen molar-refractivity contribution >= 4 is 12.1 Å². The van der Waals surface area contributed by atoms with E-state index >= 15 is 0 Å². The fourth-order valence-corrected chi connectivity index (χ4v) is 1.68. The van der Waals surface area contributed by atoms with Crippen LogP contribution in [0.2, 0.25) is 0 Å². The Bertz CT molecular complexity index is 573. The van der Waals surface area contributed by atoms with Crippen molar-refractivity contribution in [3.8, 4) is 0 Å². The standard InChI is InChI=1S/C15H11FO2/c16-14-6-4-11(5-7-14)9-15(18)13-3-1-2-12(8-13)10-17/h1-8,10H,9H2. The van der Waals surface area contributed by atoms with Crippen molar-refractivity contribution in [1.82, 2.24) is 0 Å². The van der Waals surface area contributed by atoms with Crippen molar-refractivity contribution in [1.29, 1.82) is 0 Å². The molecule has 90 valence electrons. The highest BCUT2D eigenvalue weighted by atomic mass is 19.1. The van der Waals surface area contributed by atoms with E-state index in [9.17, 15) is 14.0 Å². The van der Waals surface area contributed by atoms with E-state index in [0.717, 1.165) is 5.56 Å². The fourth-order valence-electron chi connectivity index (χ4n) is 1.68. The Hall–Kier alpha value is -2.29. The number of carbonyl (C=O) groups excluding carboxylic acids is 2. The first kappa shape index (κ1) is 12.2. The van der Waals surface area contributed by atoms with Gasteiger partial charge in [0.25, 0.3) is 0 Å². The van der Waals surface area contributed by atoms with Crippen LogP contribution in [0.5, 0.6) is 0 Å². The highest BCUT2D eigenvalue weighted by molar-refractivity contribution is 5.98. The predicted octanol–water partition coefficient (Wildman–Crippen LogP) is 3.06. The summed E-state index contributed by atoms with van der Waals surface area (Å²) in [6.07, 6.45) is 0.900. The number of halogens is 1. The molecule has 2 aromatic rings. The number of aldehydes is 1. The molecule has 18 heavy (non-hydrogen) atoms. The van der Waals surface area contributed by atoms with Gasteiger partial charge < -0.3 is 0 Å². The van der Waals surface area contributed by atoms with E-state index in [2.05, 4.69) is 0 Å². The van der Waals surface area contributed by atoms with Gasteiger partial charge in [-0.1, -0.05) is 30.3 Å². The van der Waals surface area contributed by atoms with Crippen LogP contribution in [0.15, 0.2) is 48.5 Å². The minimum absolute atomic E-state index is 0.0923. The molecule has 0 amide bonds. The van der Waals surface area contributed by atoms with Crippen molar-refractivity contribution in [2.45, 2.75) is 6.42 Å². The van der Waals surface area contributed by atoms with Crippen LogP contribution in [0.3, 0.4) is 0 Å². The Morgan fingerprint density at radius 2 is 1.83 bits per heavy atom. The number of hydrogen-bond donors (Lipinski definition) is 0. The first-order valence-electron chi connectivity index (χ1n) is 5.52. The van der Waals surface area contributed by atoms with Crippen LogP contribution in [0.25, 0.3) is 0 Å². The van der Waals surface area contributed by atoms with Crippen molar-refractivity contribution in [2.24, 2.45) is 0 Å². The number of benzene rings is 2. The van der Waals surface area contributed by atoms with Gasteiger partial charge in [-0.25, -0.2) is 4.39 Å². The van der Waals surface area contributed by atoms with Gasteiger partial charge in [0.15, 0.2) is 5.78 Å². The first-order valence-corrected chi connectivity index (χ1v) is 5.52. The third-order valence-electron chi connectivity index (χ3n) is 2.62. The van der Waals surface area contributed by atoms with Crippen LogP contribution in [-0.4, -0.2) is 12.1 Å². The molecule has 0 saturated carbocycles. The Labute approximate surface area is 104 Å². The summed E-state index contributed by atoms with van der Waals surface area (Å²) in [5, 5.41) is 0. The van der Waals surface area contributed by atoms with Gasteiger partial charge in [0.1, 0.15) is 12.1 Å². The molecule has 0 radical (unpaired) electrons. The Morgan fingerprint density at radius 3 is 2.50 bits per heavy atom. The summed E-state index contributed by atoms with van der Waals surface area (Å²) in [5.74, 6) is -0.417. The maximum absolute atomic E-state index is 12.7. The Kier molecular flexibility index (Phi) is 3.63. The summed E-state index contributed by atoms with van der Waals surface area (Å²) in [6, 6.07) is 12.3. The average molecular weight is 242 g/mol. The molecule has 0 aliphatic heterocycles. The van der Waals surface area contributed by atoms with Gasteiger partial charge in [-0.05, 0) is 23.8 Å². The van der Waals surface area contributed by atoms with E-state index < -0.39 is 0 Å². The molecule has 2 nitrogen and oxygen atoms in total. The third kappa shape index (κ3) is 2.88. The number of ketones is 1. The number of carbonyl (C=O) groups is 2. The highest BCUT2D eigenvalue weighted by Gasteiger charge is 2.07. The van der Waals surface area contributed by atoms with Crippen LogP contribution in [0.4, 0.5) is 4.39 Å². The highest BCUT2D eigenvalue weighted by Crippen LogP contribution is 2.10. The maximum Gasteiger partial charge on any atom is 0.167 e. The molecule has 0 spiro atoms. The monoisotopic (exact) mass is 242 g/mol. The molecule has 0 aliphatic carbocycles. The topological polar surface area (TPSA) is 34.1 Å². The van der Waals surface area contributed by atoms with Crippen LogP contribution < -0.4 is 0 Å². The molecular weight excluding hydrogens is 231 g/mol. The van der Waals surface area contributed by atoms with E-state index in [-0.39, 0.29) is 18.0 Å². The number of hydrogen-bond acceptors (Lipinski definition) is 2. The molecule has 0 heterocycles. The van der Waals surface area contributed by atoms with Crippen molar-refractivity contribution in [3.63, 3.8) is 0 Å². The van der Waals surface area contributed by atoms with Gasteiger partial charge >= 0.3 is 0 Å². The zero-order valence-electron chi connectivity index (χ0n) is 9.60. The van der Waals surface area contributed by atoms with Gasteiger partial charge in [-0.15, -0.1) is 0 Å². The number of rotatable bonds is 4. The van der Waals surface area contributed by atoms with Crippen molar-refractivity contribution in [2.75, 3.05) is 0 Å². The molecule has 0 unspecified atom stereocenters. The second-order valence-corrected chi connectivity index (χ2v) is 3.97. The maximum atomic E-state index is 12.7. The van der Waals surface area contributed by atoms with Crippen molar-refractivity contribution in [3.05, 3.63) is 71.0 Å². The molecule has 2 aromatic carbocycles. The lowest BCUT2D eigenvalue weighted by Crippen LogP contribution is -2.04. The largest absolute Gasteiger partial charge is 0.298 e. The summed E-state index contributed by atoms with van der Waals surface area (Å²) in [4.78, 5) is 22.6. The Morgan fingerprint density at radius 1 is 1.11 bits per heavy atom. The smallest absolute Gasteiger partial charge is 0.167 e. The fraction of sp³-hybridized carbons (Fsp3) is 0.0667. The normalized spacial score (nSPS) is 10.1. The molecule has 0 atom stereocenters. The SMILES string of the molecule is O=Cc1cccc(C(=O)Cc2ccc(F)cc2)c1. The van der Waals surface area contributed by atoms with Crippen LogP contribution in [-0.2, 0) is 6.42 Å². The van der Waals surface area contributed by atoms with Gasteiger partial charge in [-0.2, -0.15) is 0 Å². The van der Waals surface area contributed by atoms with Gasteiger partial charge in [0.2, 0.25) is 0 Å². The van der Waals surface area contributed by atoms with E-state index in [1.165, 1.54) is 12.1 Å². The number of Topliss-reactive ketones (excluding diaryl/α,β-unsaturated/α-hetero) is 1. The van der Waals surface area contributed by atoms with E-state index in [1.54, 1.807) is 36.4 Å². The third-order valence-corrected chi connectivity index (χ3v) is 2.62. The van der Waals surface area contributed by atoms with Crippen LogP contribution in [0, 0.1) is 5.82 Å². The van der Waals surface area contributed by atoms with Crippen LogP contribution in [0.1, 0.15) is 26.3 Å². The zero-order chi connectivity index (χ0) is 13.0. The summed E-state index contributed by atoms with van der Waals surface area (Å²) < 4.78 is 12.7. The van der Waals surface area contributed by atoms with Gasteiger partial charge in [-0.3, -0.25) is 9.59 Å². The summed E-state index contributed by atoms with van der Waals surface area (Å²) in [7, 11) is 0. The predicted molar refractivity (Wildman–Crippen MR) is 66.3 cm³/mol. The summed E-state index contributed by atoms with van der Waals surface area (Å²) in [5.41, 5.74) is 1.71. The van der Waals surface area contributed by atoms with Gasteiger partial charge in [0.05, 0.1) is 0 Å². The molecule has 0 aromatic heterocycles. The van der Waals surface area contributed by atoms with Crippen molar-refractivity contribution < 1.29 is 14.0 Å². The molecule has 0 fully saturated rings. The second-order valence-electron chi connectivity index (χ2n) is 3.97. The average Bonchev–Trinajstić information content (AvgIpc) is 2.41. The van der Waals surface area contributed by atoms with E-state index in [4.69, 9.17) is 0 Å². The molecule has 0 N–H and O–H groups in total. The molecule has 0 saturated heterocycles. The quantitative estimate of drug-likeness (QED) is 0.610. The minimum Gasteiger partial charge on any atom is -0.298 e. The molecule has 3 heteroatoms. The van der Waals surface area contributed by atoms with Gasteiger partial charge in [0, 0.05) is 17.5 Å². The molecular formula is C15H11FO2. The molecule has 0 aliphatic rings. The van der Waals surface area contributed by atoms with E-state index in [0.29, 0.717) is 17.4 Å². The lowest BCUT2D eigenvalue weighted by Gasteiger charge is -2.02. The summed E-state index contributed by atoms with van der Waals surface area (Å²) in [6.45, 7) is 0. The zero-order valence-corrected chi connectivity index (χ0v) is 9.60. The lowest BCUT2D eigenvalue weighted by atomic mass is 10.0. The minimum atomic E-state index is -0.325. The van der Waals surface area contributed by atoms with Crippen LogP contribution >= 0.6 is 0 Å². The van der Waals surface area contributed by atoms with E-state index in [1.807, 2.05) is 0 Å². The molecule has 0 bridgehead atoms.